The smallest absolute Gasteiger partial charge is 0.332 e. The van der Waals surface area contributed by atoms with Gasteiger partial charge in [0.25, 0.3) is 0 Å². The number of hydrogen-bond donors (Lipinski definition) is 1. The number of aromatic nitrogens is 1. The number of alkyl halides is 3. The highest BCUT2D eigenvalue weighted by Crippen LogP contribution is 2.32. The summed E-state index contributed by atoms with van der Waals surface area (Å²) in [5.41, 5.74) is 1.56. The van der Waals surface area contributed by atoms with Crippen LogP contribution in [0.4, 0.5) is 24.0 Å². The van der Waals surface area contributed by atoms with Crippen molar-refractivity contribution in [2.45, 2.75) is 6.18 Å². The lowest BCUT2D eigenvalue weighted by molar-refractivity contribution is -0.137. The van der Waals surface area contributed by atoms with Crippen LogP contribution in [0.3, 0.4) is 0 Å². The predicted molar refractivity (Wildman–Crippen MR) is 87.0 cm³/mol. The van der Waals surface area contributed by atoms with E-state index in [1.165, 1.54) is 17.4 Å². The normalized spacial score (nSPS) is 11.1. The molecule has 0 aliphatic carbocycles. The number of hydrogen-bond acceptors (Lipinski definition) is 4. The van der Waals surface area contributed by atoms with Gasteiger partial charge in [-0.25, -0.2) is 4.98 Å². The molecule has 1 N–H and O–H groups in total. The third-order valence-corrected chi connectivity index (χ3v) is 3.99. The van der Waals surface area contributed by atoms with E-state index in [9.17, 15) is 13.2 Å². The van der Waals surface area contributed by atoms with Crippen LogP contribution in [0.25, 0.3) is 11.3 Å². The van der Waals surface area contributed by atoms with Crippen LogP contribution < -0.4 is 5.32 Å². The molecule has 3 aromatic rings. The topological polar surface area (TPSA) is 48.7 Å². The monoisotopic (exact) mass is 345 g/mol. The zero-order valence-corrected chi connectivity index (χ0v) is 12.9. The summed E-state index contributed by atoms with van der Waals surface area (Å²) in [5, 5.41) is 14.1. The van der Waals surface area contributed by atoms with Gasteiger partial charge in [0.2, 0.25) is 0 Å². The van der Waals surface area contributed by atoms with Gasteiger partial charge >= 0.3 is 6.18 Å². The summed E-state index contributed by atoms with van der Waals surface area (Å²) in [4.78, 5) is 4.36. The van der Waals surface area contributed by atoms with Crippen molar-refractivity contribution >= 4 is 22.2 Å². The van der Waals surface area contributed by atoms with Gasteiger partial charge in [-0.05, 0) is 30.3 Å². The third kappa shape index (κ3) is 3.55. The summed E-state index contributed by atoms with van der Waals surface area (Å²) in [5.74, 6) is 0. The Hall–Kier alpha value is -2.85. The van der Waals surface area contributed by atoms with Crippen molar-refractivity contribution in [1.29, 1.82) is 5.26 Å². The van der Waals surface area contributed by atoms with Crippen molar-refractivity contribution in [1.82, 2.24) is 4.98 Å². The Morgan fingerprint density at radius 2 is 1.88 bits per heavy atom. The van der Waals surface area contributed by atoms with Gasteiger partial charge in [0, 0.05) is 16.6 Å². The molecule has 0 spiro atoms. The van der Waals surface area contributed by atoms with Crippen LogP contribution in [-0.4, -0.2) is 4.98 Å². The second kappa shape index (κ2) is 6.34. The number of halogens is 3. The van der Waals surface area contributed by atoms with Crippen molar-refractivity contribution in [2.75, 3.05) is 5.32 Å². The van der Waals surface area contributed by atoms with Gasteiger partial charge in [-0.15, -0.1) is 11.3 Å². The van der Waals surface area contributed by atoms with Gasteiger partial charge in [0.15, 0.2) is 5.13 Å². The van der Waals surface area contributed by atoms with E-state index in [2.05, 4.69) is 16.4 Å². The van der Waals surface area contributed by atoms with Crippen LogP contribution in [0.5, 0.6) is 0 Å². The Morgan fingerprint density at radius 1 is 1.08 bits per heavy atom. The molecule has 7 heteroatoms. The average molecular weight is 345 g/mol. The van der Waals surface area contributed by atoms with Crippen LogP contribution >= 0.6 is 11.3 Å². The molecule has 1 aromatic heterocycles. The number of nitriles is 1. The Kier molecular flexibility index (Phi) is 4.23. The second-order valence-electron chi connectivity index (χ2n) is 4.93. The summed E-state index contributed by atoms with van der Waals surface area (Å²) in [6, 6.07) is 14.0. The molecule has 3 rings (SSSR count). The van der Waals surface area contributed by atoms with E-state index in [4.69, 9.17) is 5.26 Å². The average Bonchev–Trinajstić information content (AvgIpc) is 3.03. The van der Waals surface area contributed by atoms with E-state index in [-0.39, 0.29) is 0 Å². The molecule has 0 bridgehead atoms. The Bertz CT molecular complexity index is 910. The highest BCUT2D eigenvalue weighted by molar-refractivity contribution is 7.14. The van der Waals surface area contributed by atoms with Gasteiger partial charge in [-0.1, -0.05) is 18.2 Å². The van der Waals surface area contributed by atoms with Gasteiger partial charge in [-0.2, -0.15) is 18.4 Å². The first kappa shape index (κ1) is 16.0. The number of nitrogens with zero attached hydrogens (tertiary/aromatic N) is 2. The van der Waals surface area contributed by atoms with Crippen LogP contribution in [0.1, 0.15) is 11.1 Å². The molecule has 1 heterocycles. The summed E-state index contributed by atoms with van der Waals surface area (Å²) >= 11 is 1.28. The van der Waals surface area contributed by atoms with Gasteiger partial charge in [0.1, 0.15) is 0 Å². The molecule has 2 aromatic carbocycles. The molecule has 0 saturated heterocycles. The maximum atomic E-state index is 12.7. The summed E-state index contributed by atoms with van der Waals surface area (Å²) in [7, 11) is 0. The SMILES string of the molecule is N#Cc1cccc(-c2csc(Nc3cccc(C(F)(F)F)c3)n2)c1. The first-order chi connectivity index (χ1) is 11.5. The van der Waals surface area contributed by atoms with Crippen molar-refractivity contribution in [3.05, 3.63) is 65.0 Å². The quantitative estimate of drug-likeness (QED) is 0.687. The van der Waals surface area contributed by atoms with Crippen molar-refractivity contribution in [3.63, 3.8) is 0 Å². The van der Waals surface area contributed by atoms with Crippen molar-refractivity contribution < 1.29 is 13.2 Å². The molecule has 120 valence electrons. The fourth-order valence-corrected chi connectivity index (χ4v) is 2.85. The van der Waals surface area contributed by atoms with E-state index in [1.54, 1.807) is 29.6 Å². The highest BCUT2D eigenvalue weighted by atomic mass is 32.1. The molecular weight excluding hydrogens is 335 g/mol. The number of thiazole rings is 1. The van der Waals surface area contributed by atoms with E-state index in [0.717, 1.165) is 17.7 Å². The number of anilines is 2. The predicted octanol–water partition coefficient (Wildman–Crippen LogP) is 5.44. The van der Waals surface area contributed by atoms with Crippen molar-refractivity contribution in [3.8, 4) is 17.3 Å². The van der Waals surface area contributed by atoms with E-state index < -0.39 is 11.7 Å². The van der Waals surface area contributed by atoms with Gasteiger partial charge in [0.05, 0.1) is 22.9 Å². The summed E-state index contributed by atoms with van der Waals surface area (Å²) < 4.78 is 38.2. The van der Waals surface area contributed by atoms with Crippen LogP contribution in [0, 0.1) is 11.3 Å². The fourth-order valence-electron chi connectivity index (χ4n) is 2.11. The van der Waals surface area contributed by atoms with Crippen LogP contribution in [-0.2, 0) is 6.18 Å². The lowest BCUT2D eigenvalue weighted by Crippen LogP contribution is -2.05. The molecule has 0 amide bonds. The fraction of sp³-hybridized carbons (Fsp3) is 0.0588. The van der Waals surface area contributed by atoms with Crippen LogP contribution in [0.15, 0.2) is 53.9 Å². The van der Waals surface area contributed by atoms with E-state index in [0.29, 0.717) is 22.1 Å². The van der Waals surface area contributed by atoms with Gasteiger partial charge in [-0.3, -0.25) is 0 Å². The largest absolute Gasteiger partial charge is 0.416 e. The molecule has 0 aliphatic rings. The lowest BCUT2D eigenvalue weighted by atomic mass is 10.1. The van der Waals surface area contributed by atoms with Crippen molar-refractivity contribution in [2.24, 2.45) is 0 Å². The number of benzene rings is 2. The Labute approximate surface area is 140 Å². The molecule has 0 fully saturated rings. The molecule has 0 saturated carbocycles. The summed E-state index contributed by atoms with van der Waals surface area (Å²) in [6.07, 6.45) is -4.39. The molecule has 0 radical (unpaired) electrons. The first-order valence-electron chi connectivity index (χ1n) is 6.86. The van der Waals surface area contributed by atoms with Crippen LogP contribution in [0.2, 0.25) is 0 Å². The highest BCUT2D eigenvalue weighted by Gasteiger charge is 2.30. The second-order valence-corrected chi connectivity index (χ2v) is 5.79. The summed E-state index contributed by atoms with van der Waals surface area (Å²) in [6.45, 7) is 0. The maximum absolute atomic E-state index is 12.7. The Morgan fingerprint density at radius 3 is 2.62 bits per heavy atom. The third-order valence-electron chi connectivity index (χ3n) is 3.23. The number of rotatable bonds is 3. The minimum atomic E-state index is -4.39. The standard InChI is InChI=1S/C17H10F3N3S/c18-17(19,20)13-5-2-6-14(8-13)22-16-23-15(10-24-16)12-4-1-3-11(7-12)9-21/h1-8,10H,(H,22,23). The Balaban J connectivity index is 1.83. The first-order valence-corrected chi connectivity index (χ1v) is 7.74. The lowest BCUT2D eigenvalue weighted by Gasteiger charge is -2.08. The van der Waals surface area contributed by atoms with Gasteiger partial charge < -0.3 is 5.32 Å². The molecule has 3 nitrogen and oxygen atoms in total. The molecule has 0 aliphatic heterocycles. The minimum absolute atomic E-state index is 0.316. The molecule has 0 atom stereocenters. The molecular formula is C17H10F3N3S. The minimum Gasteiger partial charge on any atom is -0.332 e. The maximum Gasteiger partial charge on any atom is 0.416 e. The van der Waals surface area contributed by atoms with E-state index in [1.807, 2.05) is 6.07 Å². The zero-order chi connectivity index (χ0) is 17.2. The molecule has 24 heavy (non-hydrogen) atoms. The number of nitrogens with one attached hydrogen (secondary N) is 1. The zero-order valence-electron chi connectivity index (χ0n) is 12.1. The molecule has 0 unspecified atom stereocenters. The van der Waals surface area contributed by atoms with E-state index >= 15 is 0 Å².